The summed E-state index contributed by atoms with van der Waals surface area (Å²) >= 11 is 3.43. The predicted molar refractivity (Wildman–Crippen MR) is 121 cm³/mol. The summed E-state index contributed by atoms with van der Waals surface area (Å²) in [6, 6.07) is 23.9. The third-order valence-electron chi connectivity index (χ3n) is 4.51. The van der Waals surface area contributed by atoms with Gasteiger partial charge in [0.1, 0.15) is 17.9 Å². The van der Waals surface area contributed by atoms with E-state index in [9.17, 15) is 10.1 Å². The molecule has 0 fully saturated rings. The lowest BCUT2D eigenvalue weighted by atomic mass is 10.1. The van der Waals surface area contributed by atoms with Crippen molar-refractivity contribution in [1.82, 2.24) is 5.43 Å². The molecule has 0 aliphatic rings. The first-order valence-electron chi connectivity index (χ1n) is 9.36. The Morgan fingerprint density at radius 3 is 2.77 bits per heavy atom. The molecular formula is C24H16BrN3O3. The SMILES string of the molecule is N#Cc1ccccc1COc1ccc(Br)cc1/C=N/NC(=O)c1cc2ccccc2o1. The zero-order chi connectivity index (χ0) is 21.6. The van der Waals surface area contributed by atoms with Crippen LogP contribution in [0.1, 0.15) is 27.2 Å². The quantitative estimate of drug-likeness (QED) is 0.299. The van der Waals surface area contributed by atoms with E-state index in [1.165, 1.54) is 6.21 Å². The molecule has 0 aliphatic heterocycles. The molecule has 152 valence electrons. The van der Waals surface area contributed by atoms with Gasteiger partial charge in [-0.3, -0.25) is 4.79 Å². The van der Waals surface area contributed by atoms with Crippen LogP contribution < -0.4 is 10.2 Å². The van der Waals surface area contributed by atoms with Gasteiger partial charge in [-0.15, -0.1) is 0 Å². The minimum Gasteiger partial charge on any atom is -0.488 e. The normalized spacial score (nSPS) is 10.8. The fourth-order valence-corrected chi connectivity index (χ4v) is 3.35. The second-order valence-corrected chi connectivity index (χ2v) is 7.50. The Kier molecular flexibility index (Phi) is 6.11. The number of amides is 1. The highest BCUT2D eigenvalue weighted by Crippen LogP contribution is 2.23. The van der Waals surface area contributed by atoms with Gasteiger partial charge in [0.25, 0.3) is 0 Å². The van der Waals surface area contributed by atoms with Crippen LogP contribution >= 0.6 is 15.9 Å². The van der Waals surface area contributed by atoms with E-state index in [-0.39, 0.29) is 12.4 Å². The number of nitrogens with one attached hydrogen (secondary N) is 1. The maximum Gasteiger partial charge on any atom is 0.307 e. The van der Waals surface area contributed by atoms with Crippen LogP contribution in [-0.2, 0) is 6.61 Å². The molecule has 1 heterocycles. The first kappa shape index (κ1) is 20.4. The summed E-state index contributed by atoms with van der Waals surface area (Å²) in [6.45, 7) is 0.234. The van der Waals surface area contributed by atoms with Gasteiger partial charge in [-0.1, -0.05) is 52.3 Å². The number of carbonyl (C=O) groups excluding carboxylic acids is 1. The zero-order valence-corrected chi connectivity index (χ0v) is 17.8. The number of nitrogens with zero attached hydrogens (tertiary/aromatic N) is 2. The first-order chi connectivity index (χ1) is 15.1. The van der Waals surface area contributed by atoms with Gasteiger partial charge < -0.3 is 9.15 Å². The van der Waals surface area contributed by atoms with Gasteiger partial charge in [-0.05, 0) is 36.4 Å². The molecule has 0 saturated heterocycles. The van der Waals surface area contributed by atoms with Gasteiger partial charge in [0.2, 0.25) is 0 Å². The summed E-state index contributed by atoms with van der Waals surface area (Å²) in [7, 11) is 0. The third kappa shape index (κ3) is 4.82. The van der Waals surface area contributed by atoms with Crippen LogP contribution in [0.15, 0.2) is 86.8 Å². The molecule has 1 aromatic heterocycles. The van der Waals surface area contributed by atoms with Crippen LogP contribution in [0.3, 0.4) is 0 Å². The second kappa shape index (κ2) is 9.28. The summed E-state index contributed by atoms with van der Waals surface area (Å²) in [5.74, 6) is 0.294. The van der Waals surface area contributed by atoms with Crippen LogP contribution in [0.4, 0.5) is 0 Å². The number of hydrogen-bond acceptors (Lipinski definition) is 5. The minimum atomic E-state index is -0.451. The Morgan fingerprint density at radius 1 is 1.13 bits per heavy atom. The fourth-order valence-electron chi connectivity index (χ4n) is 2.97. The molecule has 0 saturated carbocycles. The summed E-state index contributed by atoms with van der Waals surface area (Å²) in [6.07, 6.45) is 1.50. The highest BCUT2D eigenvalue weighted by atomic mass is 79.9. The number of nitriles is 1. The first-order valence-corrected chi connectivity index (χ1v) is 10.2. The Bertz CT molecular complexity index is 1290. The lowest BCUT2D eigenvalue weighted by Gasteiger charge is -2.10. The van der Waals surface area contributed by atoms with Crippen molar-refractivity contribution < 1.29 is 13.9 Å². The third-order valence-corrected chi connectivity index (χ3v) is 5.01. The summed E-state index contributed by atoms with van der Waals surface area (Å²) in [4.78, 5) is 12.3. The summed E-state index contributed by atoms with van der Waals surface area (Å²) < 4.78 is 12.3. The van der Waals surface area contributed by atoms with Crippen molar-refractivity contribution >= 4 is 39.0 Å². The molecule has 4 rings (SSSR count). The zero-order valence-electron chi connectivity index (χ0n) is 16.2. The number of hydrazone groups is 1. The fraction of sp³-hybridized carbons (Fsp3) is 0.0417. The Morgan fingerprint density at radius 2 is 1.94 bits per heavy atom. The molecule has 0 unspecified atom stereocenters. The van der Waals surface area contributed by atoms with E-state index in [1.54, 1.807) is 24.3 Å². The standard InChI is InChI=1S/C24H16BrN3O3/c25-20-9-10-21(30-15-18-7-2-1-6-17(18)13-26)19(11-20)14-27-28-24(29)23-12-16-5-3-4-8-22(16)31-23/h1-12,14H,15H2,(H,28,29)/b27-14+. The van der Waals surface area contributed by atoms with E-state index in [0.29, 0.717) is 22.5 Å². The molecule has 0 aliphatic carbocycles. The van der Waals surface area contributed by atoms with Crippen molar-refractivity contribution in [3.05, 3.63) is 99.7 Å². The topological polar surface area (TPSA) is 87.6 Å². The molecule has 6 nitrogen and oxygen atoms in total. The van der Waals surface area contributed by atoms with Gasteiger partial charge in [0, 0.05) is 21.0 Å². The highest BCUT2D eigenvalue weighted by molar-refractivity contribution is 9.10. The maximum absolute atomic E-state index is 12.3. The number of carbonyl (C=O) groups is 1. The van der Waals surface area contributed by atoms with Crippen LogP contribution in [-0.4, -0.2) is 12.1 Å². The van der Waals surface area contributed by atoms with E-state index in [4.69, 9.17) is 9.15 Å². The van der Waals surface area contributed by atoms with Crippen LogP contribution in [0, 0.1) is 11.3 Å². The lowest BCUT2D eigenvalue weighted by Crippen LogP contribution is -2.16. The minimum absolute atomic E-state index is 0.178. The Hall–Kier alpha value is -3.89. The molecule has 31 heavy (non-hydrogen) atoms. The van der Waals surface area contributed by atoms with Gasteiger partial charge >= 0.3 is 5.91 Å². The number of ether oxygens (including phenoxy) is 1. The monoisotopic (exact) mass is 473 g/mol. The second-order valence-electron chi connectivity index (χ2n) is 6.59. The average Bonchev–Trinajstić information content (AvgIpc) is 3.23. The van der Waals surface area contributed by atoms with Crippen molar-refractivity contribution in [3.63, 3.8) is 0 Å². The number of furan rings is 1. The van der Waals surface area contributed by atoms with Crippen molar-refractivity contribution in [2.24, 2.45) is 5.10 Å². The highest BCUT2D eigenvalue weighted by Gasteiger charge is 2.11. The lowest BCUT2D eigenvalue weighted by molar-refractivity contribution is 0.0929. The Balaban J connectivity index is 1.47. The van der Waals surface area contributed by atoms with Crippen LogP contribution in [0.5, 0.6) is 5.75 Å². The molecule has 0 spiro atoms. The molecule has 7 heteroatoms. The van der Waals surface area contributed by atoms with E-state index in [0.717, 1.165) is 15.4 Å². The smallest absolute Gasteiger partial charge is 0.307 e. The van der Waals surface area contributed by atoms with Crippen LogP contribution in [0.2, 0.25) is 0 Å². The molecule has 0 bridgehead atoms. The van der Waals surface area contributed by atoms with Crippen molar-refractivity contribution in [1.29, 1.82) is 5.26 Å². The van der Waals surface area contributed by atoms with Crippen molar-refractivity contribution in [2.75, 3.05) is 0 Å². The van der Waals surface area contributed by atoms with Gasteiger partial charge in [0.15, 0.2) is 5.76 Å². The van der Waals surface area contributed by atoms with Crippen molar-refractivity contribution in [2.45, 2.75) is 6.61 Å². The molecule has 1 N–H and O–H groups in total. The molecule has 0 radical (unpaired) electrons. The molecule has 1 amide bonds. The van der Waals surface area contributed by atoms with E-state index < -0.39 is 5.91 Å². The largest absolute Gasteiger partial charge is 0.488 e. The number of para-hydroxylation sites is 1. The van der Waals surface area contributed by atoms with E-state index in [1.807, 2.05) is 48.5 Å². The number of halogens is 1. The van der Waals surface area contributed by atoms with Gasteiger partial charge in [-0.25, -0.2) is 5.43 Å². The summed E-state index contributed by atoms with van der Waals surface area (Å²) in [5.41, 5.74) is 5.12. The molecule has 4 aromatic rings. The van der Waals surface area contributed by atoms with Gasteiger partial charge in [0.05, 0.1) is 17.8 Å². The van der Waals surface area contributed by atoms with E-state index >= 15 is 0 Å². The number of rotatable bonds is 6. The maximum atomic E-state index is 12.3. The van der Waals surface area contributed by atoms with Gasteiger partial charge in [-0.2, -0.15) is 10.4 Å². The summed E-state index contributed by atoms with van der Waals surface area (Å²) in [5, 5.41) is 14.1. The molecular weight excluding hydrogens is 458 g/mol. The van der Waals surface area contributed by atoms with E-state index in [2.05, 4.69) is 32.5 Å². The number of hydrogen-bond donors (Lipinski definition) is 1. The Labute approximate surface area is 186 Å². The predicted octanol–water partition coefficient (Wildman–Crippen LogP) is 5.41. The number of fused-ring (bicyclic) bond motifs is 1. The van der Waals surface area contributed by atoms with Crippen molar-refractivity contribution in [3.8, 4) is 11.8 Å². The molecule has 0 atom stereocenters. The average molecular weight is 474 g/mol. The van der Waals surface area contributed by atoms with Crippen LogP contribution in [0.25, 0.3) is 11.0 Å². The molecule has 3 aromatic carbocycles. The number of benzene rings is 3.